The number of nitrogens with one attached hydrogen (secondary N) is 3. The van der Waals surface area contributed by atoms with Crippen LogP contribution in [0.25, 0.3) is 11.3 Å². The van der Waals surface area contributed by atoms with Crippen molar-refractivity contribution in [3.8, 4) is 11.3 Å². The van der Waals surface area contributed by atoms with Gasteiger partial charge in [0, 0.05) is 36.7 Å². The van der Waals surface area contributed by atoms with Crippen LogP contribution in [0.2, 0.25) is 0 Å². The third kappa shape index (κ3) is 5.97. The van der Waals surface area contributed by atoms with Crippen molar-refractivity contribution >= 4 is 23.8 Å². The van der Waals surface area contributed by atoms with Crippen LogP contribution in [0.3, 0.4) is 0 Å². The van der Waals surface area contributed by atoms with Crippen molar-refractivity contribution in [3.63, 3.8) is 0 Å². The lowest BCUT2D eigenvalue weighted by Gasteiger charge is -2.39. The first kappa shape index (κ1) is 24.2. The summed E-state index contributed by atoms with van der Waals surface area (Å²) in [6, 6.07) is 10.7. The normalized spacial score (nSPS) is 19.7. The minimum Gasteiger partial charge on any atom is -0.444 e. The molecule has 1 aromatic heterocycles. The van der Waals surface area contributed by atoms with E-state index in [1.165, 1.54) is 4.90 Å². The molecule has 2 aromatic rings. The van der Waals surface area contributed by atoms with Crippen LogP contribution in [0.15, 0.2) is 40.9 Å². The smallest absolute Gasteiger partial charge is 0.410 e. The lowest BCUT2D eigenvalue weighted by atomic mass is 9.79. The van der Waals surface area contributed by atoms with E-state index in [1.54, 1.807) is 26.8 Å². The van der Waals surface area contributed by atoms with Crippen LogP contribution in [-0.2, 0) is 14.3 Å². The summed E-state index contributed by atoms with van der Waals surface area (Å²) in [5.41, 5.74) is 5.24. The lowest BCUT2D eigenvalue weighted by Crippen LogP contribution is -2.59. The summed E-state index contributed by atoms with van der Waals surface area (Å²) in [7, 11) is 0. The molecule has 1 saturated carbocycles. The summed E-state index contributed by atoms with van der Waals surface area (Å²) < 4.78 is 10.5. The standard InChI is InChI=1S/C24H29N5O6/c1-24(2,3)34-23(33)29-12-16(13-29)21(31)27-26-20(30)15-9-17(10-15)25-22(32)18-11-19(35-28-18)14-7-5-4-6-8-14/h4-8,11,15-17H,9-10,12-13H2,1-3H3,(H,25,32)(H,26,30)(H,27,31). The molecule has 186 valence electrons. The van der Waals surface area contributed by atoms with E-state index >= 15 is 0 Å². The summed E-state index contributed by atoms with van der Waals surface area (Å²) in [5, 5.41) is 6.66. The monoisotopic (exact) mass is 483 g/mol. The molecule has 2 aliphatic rings. The zero-order valence-corrected chi connectivity index (χ0v) is 19.9. The molecule has 0 spiro atoms. The Morgan fingerprint density at radius 1 is 1.00 bits per heavy atom. The Morgan fingerprint density at radius 3 is 2.26 bits per heavy atom. The minimum atomic E-state index is -0.599. The first-order chi connectivity index (χ1) is 16.6. The Balaban J connectivity index is 1.13. The molecule has 4 rings (SSSR count). The number of aromatic nitrogens is 1. The largest absolute Gasteiger partial charge is 0.444 e. The van der Waals surface area contributed by atoms with Crippen molar-refractivity contribution in [2.24, 2.45) is 11.8 Å². The topological polar surface area (TPSA) is 143 Å². The molecule has 4 amide bonds. The second-order valence-corrected chi connectivity index (χ2v) is 9.84. The van der Waals surface area contributed by atoms with Gasteiger partial charge in [-0.15, -0.1) is 0 Å². The number of benzene rings is 1. The van der Waals surface area contributed by atoms with Gasteiger partial charge in [0.2, 0.25) is 11.8 Å². The molecule has 0 atom stereocenters. The van der Waals surface area contributed by atoms with Crippen molar-refractivity contribution in [3.05, 3.63) is 42.1 Å². The van der Waals surface area contributed by atoms with E-state index in [9.17, 15) is 19.2 Å². The lowest BCUT2D eigenvalue weighted by molar-refractivity contribution is -0.137. The van der Waals surface area contributed by atoms with Crippen LogP contribution in [0, 0.1) is 11.8 Å². The fourth-order valence-electron chi connectivity index (χ4n) is 3.78. The third-order valence-corrected chi connectivity index (χ3v) is 5.86. The van der Waals surface area contributed by atoms with Crippen LogP contribution in [-0.4, -0.2) is 58.6 Å². The van der Waals surface area contributed by atoms with Crippen molar-refractivity contribution in [2.45, 2.75) is 45.3 Å². The molecular formula is C24H29N5O6. The summed E-state index contributed by atoms with van der Waals surface area (Å²) >= 11 is 0. The molecule has 0 bridgehead atoms. The number of carbonyl (C=O) groups is 4. The molecular weight excluding hydrogens is 454 g/mol. The average Bonchev–Trinajstić information content (AvgIpc) is 3.23. The highest BCUT2D eigenvalue weighted by molar-refractivity contribution is 5.93. The molecule has 1 aromatic carbocycles. The molecule has 11 heteroatoms. The van der Waals surface area contributed by atoms with Crippen molar-refractivity contribution < 1.29 is 28.4 Å². The fraction of sp³-hybridized carbons (Fsp3) is 0.458. The molecule has 2 heterocycles. The van der Waals surface area contributed by atoms with E-state index in [0.717, 1.165) is 5.56 Å². The number of ether oxygens (including phenoxy) is 1. The number of likely N-dealkylation sites (tertiary alicyclic amines) is 1. The second kappa shape index (κ2) is 9.77. The number of hydrogen-bond donors (Lipinski definition) is 3. The predicted molar refractivity (Wildman–Crippen MR) is 123 cm³/mol. The molecule has 2 fully saturated rings. The van der Waals surface area contributed by atoms with Gasteiger partial charge in [-0.05, 0) is 33.6 Å². The van der Waals surface area contributed by atoms with Gasteiger partial charge in [0.15, 0.2) is 11.5 Å². The van der Waals surface area contributed by atoms with Gasteiger partial charge in [0.05, 0.1) is 5.92 Å². The Bertz CT molecular complexity index is 1100. The number of hydrogen-bond acceptors (Lipinski definition) is 7. The Labute approximate surface area is 202 Å². The zero-order valence-electron chi connectivity index (χ0n) is 19.9. The van der Waals surface area contributed by atoms with Gasteiger partial charge in [-0.1, -0.05) is 35.5 Å². The Kier molecular flexibility index (Phi) is 6.77. The summed E-state index contributed by atoms with van der Waals surface area (Å²) in [6.07, 6.45) is 0.439. The molecule has 35 heavy (non-hydrogen) atoms. The Hall–Kier alpha value is -3.89. The maximum absolute atomic E-state index is 12.4. The van der Waals surface area contributed by atoms with Crippen LogP contribution >= 0.6 is 0 Å². The van der Waals surface area contributed by atoms with E-state index in [1.807, 2.05) is 30.3 Å². The van der Waals surface area contributed by atoms with Gasteiger partial charge >= 0.3 is 6.09 Å². The molecule has 1 aliphatic heterocycles. The maximum Gasteiger partial charge on any atom is 0.410 e. The summed E-state index contributed by atoms with van der Waals surface area (Å²) in [6.45, 7) is 5.80. The van der Waals surface area contributed by atoms with Gasteiger partial charge in [-0.2, -0.15) is 0 Å². The van der Waals surface area contributed by atoms with E-state index in [4.69, 9.17) is 9.26 Å². The highest BCUT2D eigenvalue weighted by Crippen LogP contribution is 2.28. The van der Waals surface area contributed by atoms with E-state index < -0.39 is 17.6 Å². The quantitative estimate of drug-likeness (QED) is 0.551. The molecule has 11 nitrogen and oxygen atoms in total. The van der Waals surface area contributed by atoms with Crippen LogP contribution in [0.5, 0.6) is 0 Å². The van der Waals surface area contributed by atoms with Crippen LogP contribution < -0.4 is 16.2 Å². The first-order valence-electron chi connectivity index (χ1n) is 11.5. The van der Waals surface area contributed by atoms with Gasteiger partial charge in [0.1, 0.15) is 5.60 Å². The number of rotatable bonds is 5. The SMILES string of the molecule is CC(C)(C)OC(=O)N1CC(C(=O)NNC(=O)C2CC(NC(=O)c3cc(-c4ccccc4)on3)C2)C1. The van der Waals surface area contributed by atoms with Gasteiger partial charge in [-0.3, -0.25) is 25.2 Å². The second-order valence-electron chi connectivity index (χ2n) is 9.84. The zero-order chi connectivity index (χ0) is 25.2. The maximum atomic E-state index is 12.4. The minimum absolute atomic E-state index is 0.167. The highest BCUT2D eigenvalue weighted by Gasteiger charge is 2.39. The van der Waals surface area contributed by atoms with Crippen molar-refractivity contribution in [2.75, 3.05) is 13.1 Å². The van der Waals surface area contributed by atoms with E-state index in [2.05, 4.69) is 21.3 Å². The van der Waals surface area contributed by atoms with Gasteiger partial charge in [-0.25, -0.2) is 4.79 Å². The number of hydrazine groups is 1. The van der Waals surface area contributed by atoms with Crippen LogP contribution in [0.1, 0.15) is 44.1 Å². The molecule has 0 radical (unpaired) electrons. The predicted octanol–water partition coefficient (Wildman–Crippen LogP) is 1.86. The van der Waals surface area contributed by atoms with E-state index in [0.29, 0.717) is 18.6 Å². The van der Waals surface area contributed by atoms with Crippen LogP contribution in [0.4, 0.5) is 4.79 Å². The fourth-order valence-corrected chi connectivity index (χ4v) is 3.78. The number of amides is 4. The van der Waals surface area contributed by atoms with Gasteiger partial charge < -0.3 is 19.5 Å². The molecule has 3 N–H and O–H groups in total. The molecule has 0 unspecified atom stereocenters. The average molecular weight is 484 g/mol. The van der Waals surface area contributed by atoms with E-state index in [-0.39, 0.29) is 48.5 Å². The van der Waals surface area contributed by atoms with Crippen molar-refractivity contribution in [1.29, 1.82) is 0 Å². The van der Waals surface area contributed by atoms with Crippen molar-refractivity contribution in [1.82, 2.24) is 26.2 Å². The third-order valence-electron chi connectivity index (χ3n) is 5.86. The first-order valence-corrected chi connectivity index (χ1v) is 11.5. The molecule has 1 saturated heterocycles. The number of nitrogens with zero attached hydrogens (tertiary/aromatic N) is 2. The highest BCUT2D eigenvalue weighted by atomic mass is 16.6. The summed E-state index contributed by atoms with van der Waals surface area (Å²) in [5.74, 6) is -1.27. The molecule has 1 aliphatic carbocycles. The number of carbonyl (C=O) groups excluding carboxylic acids is 4. The summed E-state index contributed by atoms with van der Waals surface area (Å²) in [4.78, 5) is 50.3. The van der Waals surface area contributed by atoms with Gasteiger partial charge in [0.25, 0.3) is 5.91 Å². The Morgan fingerprint density at radius 2 is 1.63 bits per heavy atom.